The van der Waals surface area contributed by atoms with E-state index in [9.17, 15) is 52.7 Å². The Morgan fingerprint density at radius 1 is 0.250 bits per heavy atom. The first-order chi connectivity index (χ1) is 31.7. The van der Waals surface area contributed by atoms with E-state index in [0.29, 0.717) is 0 Å². The van der Waals surface area contributed by atoms with Gasteiger partial charge in [-0.05, 0) is 63.7 Å². The molecule has 1 aliphatic rings. The zero-order chi connectivity index (χ0) is 56.4. The van der Waals surface area contributed by atoms with Gasteiger partial charge in [-0.3, -0.25) is 0 Å². The topological polar surface area (TPSA) is 63.2 Å². The van der Waals surface area contributed by atoms with E-state index in [1.165, 1.54) is 0 Å². The van der Waals surface area contributed by atoms with E-state index < -0.39 is 177 Å². The summed E-state index contributed by atoms with van der Waals surface area (Å²) in [6, 6.07) is 0. The van der Waals surface area contributed by atoms with Crippen molar-refractivity contribution >= 4 is 132 Å². The summed E-state index contributed by atoms with van der Waals surface area (Å²) in [5.41, 5.74) is -24.5. The molecule has 4 N–H and O–H groups in total. The average Bonchev–Trinajstić information content (AvgIpc) is 3.84. The van der Waals surface area contributed by atoms with Crippen LogP contribution in [0.1, 0.15) is 22.8 Å². The zero-order valence-electron chi connectivity index (χ0n) is 31.6. The minimum Gasteiger partial charge on any atom is -0.353 e. The summed E-state index contributed by atoms with van der Waals surface area (Å²) in [4.78, 5) is 3.59. The number of hydrogen-bond donors (Lipinski definition) is 4. The molecule has 8 bridgehead atoms. The van der Waals surface area contributed by atoms with Gasteiger partial charge in [-0.1, -0.05) is 46.4 Å². The number of aromatic amines is 4. The highest BCUT2D eigenvalue weighted by molar-refractivity contribution is 9.13. The maximum Gasteiger partial charge on any atom is 0.460 e. The third-order valence-corrected chi connectivity index (χ3v) is 15.7. The molecule has 404 valence electrons. The van der Waals surface area contributed by atoms with Crippen molar-refractivity contribution in [3.63, 3.8) is 0 Å². The van der Waals surface area contributed by atoms with Gasteiger partial charge in [0, 0.05) is 0 Å². The molecule has 5 heterocycles. The Bertz CT molecular complexity index is 2740. The van der Waals surface area contributed by atoms with Crippen molar-refractivity contribution in [1.29, 1.82) is 0 Å². The lowest BCUT2D eigenvalue weighted by atomic mass is 9.98. The molecule has 4 aromatic heterocycles. The third kappa shape index (κ3) is 8.38. The largest absolute Gasteiger partial charge is 0.460 e. The Morgan fingerprint density at radius 2 is 0.389 bits per heavy atom. The molecular weight excluding hydrogens is 1430 g/mol. The van der Waals surface area contributed by atoms with E-state index in [1.54, 1.807) is 0 Å². The first kappa shape index (κ1) is 60.6. The van der Waals surface area contributed by atoms with Crippen LogP contribution in [0.5, 0.6) is 0 Å². The molecule has 0 spiro atoms. The maximum atomic E-state index is 16.3. The highest BCUT2D eigenvalue weighted by Crippen LogP contribution is 2.59. The normalized spacial score (nSPS) is 15.9. The number of halogens is 36. The number of fused-ring (bicyclic) bond motifs is 8. The van der Waals surface area contributed by atoms with E-state index in [2.05, 4.69) is 63.7 Å². The Balaban J connectivity index is 2.44. The number of alkyl halides is 28. The summed E-state index contributed by atoms with van der Waals surface area (Å²) in [7, 11) is 0. The predicted molar refractivity (Wildman–Crippen MR) is 206 cm³/mol. The lowest BCUT2D eigenvalue weighted by Gasteiger charge is -2.30. The number of H-pyrrole nitrogens is 4. The maximum absolute atomic E-state index is 16.3. The number of nitrogens with one attached hydrogen (secondary N) is 4. The van der Waals surface area contributed by atoms with Gasteiger partial charge in [0.2, 0.25) is 0 Å². The van der Waals surface area contributed by atoms with Crippen LogP contribution in [0.2, 0.25) is 20.1 Å². The van der Waals surface area contributed by atoms with Crippen LogP contribution in [-0.2, 0) is 0 Å². The van der Waals surface area contributed by atoms with E-state index in [4.69, 9.17) is 46.4 Å². The molecule has 0 saturated carbocycles. The smallest absolute Gasteiger partial charge is 0.353 e. The van der Waals surface area contributed by atoms with Crippen LogP contribution >= 0.6 is 110 Å². The van der Waals surface area contributed by atoms with Gasteiger partial charge in [0.1, 0.15) is 0 Å². The molecule has 0 saturated heterocycles. The van der Waals surface area contributed by atoms with Crippen molar-refractivity contribution in [2.75, 3.05) is 0 Å². The van der Waals surface area contributed by atoms with Gasteiger partial charge in [-0.2, -0.15) is 123 Å². The summed E-state index contributed by atoms with van der Waals surface area (Å²) < 4.78 is 409. The second-order valence-corrected chi connectivity index (χ2v) is 18.8. The van der Waals surface area contributed by atoms with Crippen molar-refractivity contribution in [2.24, 2.45) is 0 Å². The van der Waals surface area contributed by atoms with E-state index in [1.807, 2.05) is 0 Å². The van der Waals surface area contributed by atoms with E-state index in [-0.39, 0.29) is 0 Å². The zero-order valence-corrected chi connectivity index (χ0v) is 41.0. The van der Waals surface area contributed by atoms with Crippen LogP contribution in [0, 0.1) is 0 Å². The number of hydrogen-bond acceptors (Lipinski definition) is 0. The summed E-state index contributed by atoms with van der Waals surface area (Å²) in [5.74, 6) is -60.1. The highest BCUT2D eigenvalue weighted by atomic mass is 79.9. The molecule has 4 aromatic rings. The predicted octanol–water partition coefficient (Wildman–Crippen LogP) is 15.1. The molecule has 4 nitrogen and oxygen atoms in total. The molecular formula is C32H4Br4Cl4F28N4. The van der Waals surface area contributed by atoms with Crippen LogP contribution in [0.4, 0.5) is 123 Å². The van der Waals surface area contributed by atoms with Gasteiger partial charge in [0.25, 0.3) is 0 Å². The van der Waals surface area contributed by atoms with Crippen LogP contribution in [0.3, 0.4) is 0 Å². The van der Waals surface area contributed by atoms with Crippen molar-refractivity contribution in [3.8, 4) is 0 Å². The molecule has 0 atom stereocenters. The molecule has 40 heteroatoms. The quantitative estimate of drug-likeness (QED) is 0.127. The fourth-order valence-electron chi connectivity index (χ4n) is 6.29. The molecule has 0 amide bonds. The average molecular weight is 1440 g/mol. The van der Waals surface area contributed by atoms with Gasteiger partial charge in [-0.25, -0.2) is 0 Å². The molecule has 72 heavy (non-hydrogen) atoms. The minimum absolute atomic E-state index is 0.865. The number of rotatable bonds is 8. The van der Waals surface area contributed by atoms with Crippen molar-refractivity contribution in [3.05, 3.63) is 82.2 Å². The molecule has 5 rings (SSSR count). The summed E-state index contributed by atoms with van der Waals surface area (Å²) in [6.45, 7) is 0. The van der Waals surface area contributed by atoms with Gasteiger partial charge >= 0.3 is 72.1 Å². The van der Waals surface area contributed by atoms with Crippen molar-refractivity contribution in [1.82, 2.24) is 19.9 Å². The lowest BCUT2D eigenvalue weighted by Crippen LogP contribution is -2.55. The number of aromatic nitrogens is 4. The fourth-order valence-corrected chi connectivity index (χ4v) is 9.22. The standard InChI is InChI=1S/C32H4Br4Cl4F28N4/c33-5-6(34)14-2(22(43,44)26(51,52)30(60,61)62)19-11(39)12(40)20(72-19)4(24(47,48)28(55,56)32(66,67)68)16-8(36)7(35)15(70-16)3(23(45,46)27(53,54)31(63,64)65)18-10(38)9(37)17(71-18)1(13(5)69-14)21(41,42)25(49,50)29(57,58)59/h69-72H. The Hall–Kier alpha value is -2.28. The van der Waals surface area contributed by atoms with Gasteiger partial charge in [-0.15, -0.1) is 0 Å². The Kier molecular flexibility index (Phi) is 14.8. The van der Waals surface area contributed by atoms with Crippen LogP contribution in [0.25, 0.3) is 22.3 Å². The minimum atomic E-state index is -7.71. The van der Waals surface area contributed by atoms with Crippen molar-refractivity contribution < 1.29 is 123 Å². The first-order valence-corrected chi connectivity index (χ1v) is 21.5. The third-order valence-electron chi connectivity index (χ3n) is 9.78. The Morgan fingerprint density at radius 3 is 0.514 bits per heavy atom. The summed E-state index contributed by atoms with van der Waals surface area (Å²) in [6.07, 6.45) is -30.5. The van der Waals surface area contributed by atoms with E-state index in [0.717, 1.165) is 19.9 Å². The highest BCUT2D eigenvalue weighted by Gasteiger charge is 2.79. The van der Waals surface area contributed by atoms with Gasteiger partial charge < -0.3 is 19.9 Å². The van der Waals surface area contributed by atoms with Crippen LogP contribution in [0.15, 0.2) is 17.9 Å². The SMILES string of the molecule is FC(F)(F)C(F)(F)C(F)(F)C1=c2[nH]c(c(Br)c2Br)=C(C(F)(F)C(F)(F)C(F)(F)F)c2[nH]c(c(Cl)c2Cl)C(C(F)(F)C(F)(F)C(F)(F)F)=c2[nH]c(c(Br)c2Br)=C(C(F)(F)C(F)(F)C(F)(F)F)c2[nH]c1c(Cl)c2Cl. The van der Waals surface area contributed by atoms with Crippen molar-refractivity contribution in [2.45, 2.75) is 72.1 Å². The van der Waals surface area contributed by atoms with Gasteiger partial charge in [0.05, 0.1) is 104 Å². The lowest BCUT2D eigenvalue weighted by molar-refractivity contribution is -0.339. The fraction of sp³-hybridized carbons (Fsp3) is 0.375. The molecule has 0 fully saturated rings. The summed E-state index contributed by atoms with van der Waals surface area (Å²) >= 11 is 31.5. The monoisotopic (exact) mass is 1430 g/mol. The molecule has 0 aromatic carbocycles. The first-order valence-electron chi connectivity index (χ1n) is 16.8. The molecule has 1 aliphatic heterocycles. The summed E-state index contributed by atoms with van der Waals surface area (Å²) in [5, 5.41) is -19.7. The molecule has 0 unspecified atom stereocenters. The van der Waals surface area contributed by atoms with Gasteiger partial charge in [0.15, 0.2) is 0 Å². The second kappa shape index (κ2) is 17.6. The molecule has 0 radical (unpaired) electrons. The Labute approximate surface area is 427 Å². The van der Waals surface area contributed by atoms with Crippen LogP contribution in [-0.4, -0.2) is 92.0 Å². The molecule has 0 aliphatic carbocycles. The van der Waals surface area contributed by atoms with Crippen LogP contribution < -0.4 is 21.4 Å². The van der Waals surface area contributed by atoms with E-state index >= 15 is 70.2 Å². The second-order valence-electron chi connectivity index (χ2n) is 14.1.